The molecule has 1 aliphatic rings. The summed E-state index contributed by atoms with van der Waals surface area (Å²) in [5.41, 5.74) is 0. The Morgan fingerprint density at radius 1 is 1.39 bits per heavy atom. The fraction of sp³-hybridized carbons (Fsp3) is 0.562. The summed E-state index contributed by atoms with van der Waals surface area (Å²) in [5, 5.41) is 14.5. The summed E-state index contributed by atoms with van der Waals surface area (Å²) in [6, 6.07) is 4.69. The van der Waals surface area contributed by atoms with E-state index >= 15 is 0 Å². The van der Waals surface area contributed by atoms with Crippen LogP contribution in [0.1, 0.15) is 48.8 Å². The number of hydrogen-bond acceptors (Lipinski definition) is 5. The minimum atomic E-state index is 0.0213. The molecule has 1 fully saturated rings. The number of aromatic nitrogens is 3. The first kappa shape index (κ1) is 16.5. The van der Waals surface area contributed by atoms with E-state index in [9.17, 15) is 4.79 Å². The van der Waals surface area contributed by atoms with E-state index in [0.717, 1.165) is 17.4 Å². The number of nitrogens with one attached hydrogen (secondary N) is 1. The Kier molecular flexibility index (Phi) is 5.72. The molecule has 0 unspecified atom stereocenters. The zero-order chi connectivity index (χ0) is 16.1. The lowest BCUT2D eigenvalue weighted by atomic mass is 9.95. The van der Waals surface area contributed by atoms with Gasteiger partial charge in [-0.2, -0.15) is 0 Å². The molecule has 3 rings (SSSR count). The Morgan fingerprint density at radius 3 is 2.91 bits per heavy atom. The smallest absolute Gasteiger partial charge is 0.230 e. The highest BCUT2D eigenvalue weighted by molar-refractivity contribution is 7.99. The molecule has 0 radical (unpaired) electrons. The number of thioether (sulfide) groups is 1. The number of thiophene rings is 1. The van der Waals surface area contributed by atoms with Crippen molar-refractivity contribution in [2.75, 3.05) is 12.8 Å². The van der Waals surface area contributed by atoms with Gasteiger partial charge in [0.2, 0.25) is 5.91 Å². The van der Waals surface area contributed by atoms with Crippen molar-refractivity contribution in [3.05, 3.63) is 28.2 Å². The van der Waals surface area contributed by atoms with E-state index in [0.29, 0.717) is 11.8 Å². The molecule has 2 aromatic rings. The summed E-state index contributed by atoms with van der Waals surface area (Å²) in [5.74, 6) is 1.44. The molecular weight excluding hydrogens is 328 g/mol. The zero-order valence-electron chi connectivity index (χ0n) is 13.3. The molecule has 1 aliphatic carbocycles. The van der Waals surface area contributed by atoms with Crippen molar-refractivity contribution in [3.8, 4) is 0 Å². The first-order valence-corrected chi connectivity index (χ1v) is 9.94. The zero-order valence-corrected chi connectivity index (χ0v) is 15.0. The summed E-state index contributed by atoms with van der Waals surface area (Å²) in [6.45, 7) is 0. The van der Waals surface area contributed by atoms with Crippen molar-refractivity contribution >= 4 is 29.0 Å². The van der Waals surface area contributed by atoms with Crippen molar-refractivity contribution in [2.24, 2.45) is 0 Å². The van der Waals surface area contributed by atoms with Crippen LogP contribution in [0.4, 0.5) is 0 Å². The number of amides is 1. The monoisotopic (exact) mass is 350 g/mol. The number of hydrogen-bond donors (Lipinski definition) is 1. The summed E-state index contributed by atoms with van der Waals surface area (Å²) in [4.78, 5) is 12.9. The van der Waals surface area contributed by atoms with Crippen LogP contribution in [0, 0.1) is 0 Å². The summed E-state index contributed by atoms with van der Waals surface area (Å²) >= 11 is 3.24. The predicted molar refractivity (Wildman–Crippen MR) is 94.1 cm³/mol. The Hall–Kier alpha value is -1.34. The third kappa shape index (κ3) is 4.14. The van der Waals surface area contributed by atoms with E-state index in [-0.39, 0.29) is 5.91 Å². The van der Waals surface area contributed by atoms with E-state index in [1.165, 1.54) is 48.7 Å². The van der Waals surface area contributed by atoms with Crippen LogP contribution in [0.25, 0.3) is 0 Å². The first-order valence-electron chi connectivity index (χ1n) is 8.07. The van der Waals surface area contributed by atoms with Gasteiger partial charge in [-0.1, -0.05) is 37.1 Å². The fourth-order valence-electron chi connectivity index (χ4n) is 3.00. The highest BCUT2D eigenvalue weighted by Gasteiger charge is 2.23. The van der Waals surface area contributed by atoms with Crippen molar-refractivity contribution < 1.29 is 4.79 Å². The highest BCUT2D eigenvalue weighted by atomic mass is 32.2. The molecule has 0 spiro atoms. The van der Waals surface area contributed by atoms with Crippen LogP contribution in [-0.4, -0.2) is 33.5 Å². The molecule has 23 heavy (non-hydrogen) atoms. The molecule has 124 valence electrons. The molecule has 1 amide bonds. The van der Waals surface area contributed by atoms with E-state index in [1.54, 1.807) is 18.4 Å². The Balaban J connectivity index is 1.82. The fourth-order valence-corrected chi connectivity index (χ4v) is 4.60. The molecule has 0 atom stereocenters. The third-order valence-corrected chi connectivity index (χ3v) is 6.02. The second-order valence-corrected chi connectivity index (χ2v) is 7.75. The Labute approximate surface area is 144 Å². The van der Waals surface area contributed by atoms with Gasteiger partial charge in [-0.25, -0.2) is 0 Å². The quantitative estimate of drug-likeness (QED) is 0.812. The lowest BCUT2D eigenvalue weighted by molar-refractivity contribution is -0.118. The molecule has 2 aromatic heterocycles. The van der Waals surface area contributed by atoms with E-state index in [1.807, 2.05) is 0 Å². The largest absolute Gasteiger partial charge is 0.358 e. The number of carbonyl (C=O) groups is 1. The van der Waals surface area contributed by atoms with E-state index in [4.69, 9.17) is 0 Å². The minimum absolute atomic E-state index is 0.0213. The average Bonchev–Trinajstić information content (AvgIpc) is 3.23. The molecule has 2 heterocycles. The molecule has 1 N–H and O–H groups in total. The van der Waals surface area contributed by atoms with Gasteiger partial charge in [0.25, 0.3) is 0 Å². The van der Waals surface area contributed by atoms with E-state index in [2.05, 4.69) is 37.6 Å². The third-order valence-electron chi connectivity index (χ3n) is 4.20. The molecular formula is C16H22N4OS2. The lowest BCUT2D eigenvalue weighted by Crippen LogP contribution is -2.21. The molecule has 0 bridgehead atoms. The van der Waals surface area contributed by atoms with Crippen LogP contribution in [0.3, 0.4) is 0 Å². The van der Waals surface area contributed by atoms with Gasteiger partial charge in [0.05, 0.1) is 5.75 Å². The number of nitrogens with zero attached hydrogens (tertiary/aromatic N) is 3. The minimum Gasteiger partial charge on any atom is -0.358 e. The van der Waals surface area contributed by atoms with Crippen molar-refractivity contribution in [1.29, 1.82) is 0 Å². The van der Waals surface area contributed by atoms with Crippen LogP contribution in [0.2, 0.25) is 0 Å². The van der Waals surface area contributed by atoms with Crippen LogP contribution >= 0.6 is 23.1 Å². The summed E-state index contributed by atoms with van der Waals surface area (Å²) in [7, 11) is 1.66. The molecule has 0 aromatic carbocycles. The van der Waals surface area contributed by atoms with Gasteiger partial charge in [0.1, 0.15) is 5.82 Å². The maximum absolute atomic E-state index is 11.5. The standard InChI is InChI=1S/C16H22N4OS2/c1-17-15(21)11-23-16-19-18-14(10-13-8-5-9-22-13)20(16)12-6-3-2-4-7-12/h5,8-9,12H,2-4,6-7,10-11H2,1H3,(H,17,21). The molecule has 0 aliphatic heterocycles. The van der Waals surface area contributed by atoms with Crippen LogP contribution in [0.5, 0.6) is 0 Å². The van der Waals surface area contributed by atoms with Gasteiger partial charge in [0.15, 0.2) is 5.16 Å². The number of carbonyl (C=O) groups excluding carboxylic acids is 1. The SMILES string of the molecule is CNC(=O)CSc1nnc(Cc2cccs2)n1C1CCCCC1. The Morgan fingerprint density at radius 2 is 2.22 bits per heavy atom. The topological polar surface area (TPSA) is 59.8 Å². The maximum atomic E-state index is 11.5. The van der Waals surface area contributed by atoms with Crippen LogP contribution in [-0.2, 0) is 11.2 Å². The average molecular weight is 351 g/mol. The predicted octanol–water partition coefficient (Wildman–Crippen LogP) is 3.27. The second kappa shape index (κ2) is 7.97. The van der Waals surface area contributed by atoms with Crippen LogP contribution < -0.4 is 5.32 Å². The summed E-state index contributed by atoms with van der Waals surface area (Å²) in [6.07, 6.45) is 7.04. The van der Waals surface area contributed by atoms with Gasteiger partial charge in [-0.15, -0.1) is 21.5 Å². The molecule has 0 saturated heterocycles. The number of rotatable bonds is 6. The van der Waals surface area contributed by atoms with Crippen LogP contribution in [0.15, 0.2) is 22.7 Å². The normalized spacial score (nSPS) is 15.7. The molecule has 7 heteroatoms. The summed E-state index contributed by atoms with van der Waals surface area (Å²) < 4.78 is 2.30. The maximum Gasteiger partial charge on any atom is 0.230 e. The molecule has 1 saturated carbocycles. The Bertz CT molecular complexity index is 633. The van der Waals surface area contributed by atoms with Gasteiger partial charge in [-0.3, -0.25) is 4.79 Å². The van der Waals surface area contributed by atoms with Gasteiger partial charge in [-0.05, 0) is 24.3 Å². The van der Waals surface area contributed by atoms with Crippen molar-refractivity contribution in [1.82, 2.24) is 20.1 Å². The van der Waals surface area contributed by atoms with Gasteiger partial charge in [0, 0.05) is 24.4 Å². The van der Waals surface area contributed by atoms with E-state index < -0.39 is 0 Å². The van der Waals surface area contributed by atoms with Gasteiger partial charge >= 0.3 is 0 Å². The van der Waals surface area contributed by atoms with Crippen molar-refractivity contribution in [2.45, 2.75) is 49.7 Å². The highest BCUT2D eigenvalue weighted by Crippen LogP contribution is 2.33. The van der Waals surface area contributed by atoms with Gasteiger partial charge < -0.3 is 9.88 Å². The lowest BCUT2D eigenvalue weighted by Gasteiger charge is -2.25. The second-order valence-electron chi connectivity index (χ2n) is 5.78. The molecule has 5 nitrogen and oxygen atoms in total. The first-order chi connectivity index (χ1) is 11.3. The van der Waals surface area contributed by atoms with Crippen molar-refractivity contribution in [3.63, 3.8) is 0 Å².